The molecular weight excluding hydrogens is 522 g/mol. The molecule has 4 rings (SSSR count). The number of nitriles is 1. The van der Waals surface area contributed by atoms with Crippen LogP contribution in [0.2, 0.25) is 0 Å². The Bertz CT molecular complexity index is 1650. The number of carbonyl (C=O) groups is 1. The molecule has 2 aromatic heterocycles. The molecule has 0 unspecified atom stereocenters. The van der Waals surface area contributed by atoms with Crippen molar-refractivity contribution in [1.29, 1.82) is 5.26 Å². The molecule has 1 amide bonds. The fourth-order valence-corrected chi connectivity index (χ4v) is 3.95. The quantitative estimate of drug-likeness (QED) is 0.344. The number of methoxy groups -OCH3 is 1. The molecule has 9 nitrogen and oxygen atoms in total. The minimum Gasteiger partial charge on any atom is -0.497 e. The van der Waals surface area contributed by atoms with Crippen LogP contribution in [0.1, 0.15) is 21.6 Å². The Labute approximate surface area is 218 Å². The number of amides is 1. The predicted molar refractivity (Wildman–Crippen MR) is 131 cm³/mol. The number of hydrogen-bond donors (Lipinski definition) is 1. The number of aromatic nitrogens is 3. The second kappa shape index (κ2) is 10.7. The summed E-state index contributed by atoms with van der Waals surface area (Å²) < 4.78 is 66.5. The van der Waals surface area contributed by atoms with Crippen LogP contribution in [0.5, 0.6) is 11.5 Å². The summed E-state index contributed by atoms with van der Waals surface area (Å²) in [5.74, 6) is -3.40. The van der Waals surface area contributed by atoms with Crippen LogP contribution in [0.4, 0.5) is 23.2 Å². The van der Waals surface area contributed by atoms with Gasteiger partial charge < -0.3 is 14.8 Å². The molecule has 0 bridgehead atoms. The number of alkyl halides is 2. The number of anilines is 1. The van der Waals surface area contributed by atoms with Crippen LogP contribution < -0.4 is 20.3 Å². The zero-order valence-electron chi connectivity index (χ0n) is 20.6. The second-order valence-corrected chi connectivity index (χ2v) is 8.15. The summed E-state index contributed by atoms with van der Waals surface area (Å²) in [7, 11) is 2.54. The molecule has 2 heterocycles. The molecule has 0 radical (unpaired) electrons. The van der Waals surface area contributed by atoms with E-state index in [1.807, 2.05) is 6.07 Å². The summed E-state index contributed by atoms with van der Waals surface area (Å²) >= 11 is 0. The highest BCUT2D eigenvalue weighted by atomic mass is 19.3. The molecule has 0 aliphatic rings. The van der Waals surface area contributed by atoms with Gasteiger partial charge >= 0.3 is 6.61 Å². The monoisotopic (exact) mass is 541 g/mol. The van der Waals surface area contributed by atoms with Crippen molar-refractivity contribution in [3.8, 4) is 34.6 Å². The Morgan fingerprint density at radius 3 is 2.28 bits per heavy atom. The minimum absolute atomic E-state index is 0.0383. The number of hydrogen-bond acceptors (Lipinski definition) is 6. The van der Waals surface area contributed by atoms with Gasteiger partial charge in [-0.25, -0.2) is 13.8 Å². The lowest BCUT2D eigenvalue weighted by Gasteiger charge is -2.13. The zero-order chi connectivity index (χ0) is 28.4. The maximum Gasteiger partial charge on any atom is 0.387 e. The fourth-order valence-electron chi connectivity index (χ4n) is 3.95. The molecule has 0 saturated heterocycles. The zero-order valence-corrected chi connectivity index (χ0v) is 20.6. The lowest BCUT2D eigenvalue weighted by molar-refractivity contribution is -0.0498. The Morgan fingerprint density at radius 1 is 1.08 bits per heavy atom. The van der Waals surface area contributed by atoms with Crippen LogP contribution in [0, 0.1) is 29.9 Å². The average molecular weight is 541 g/mol. The fraction of sp³-hybridized carbons (Fsp3) is 0.154. The summed E-state index contributed by atoms with van der Waals surface area (Å²) in [4.78, 5) is 30.9. The number of nitrogens with one attached hydrogen (secondary N) is 1. The van der Waals surface area contributed by atoms with E-state index in [2.05, 4.69) is 15.0 Å². The molecular formula is C26H19F4N5O4. The van der Waals surface area contributed by atoms with E-state index in [0.29, 0.717) is 5.69 Å². The number of halogens is 4. The lowest BCUT2D eigenvalue weighted by atomic mass is 10.1. The van der Waals surface area contributed by atoms with Crippen LogP contribution in [-0.2, 0) is 7.05 Å². The van der Waals surface area contributed by atoms with E-state index in [-0.39, 0.29) is 34.1 Å². The summed E-state index contributed by atoms with van der Waals surface area (Å²) in [6.45, 7) is -1.48. The molecule has 200 valence electrons. The molecule has 0 saturated carbocycles. The molecule has 1 N–H and O–H groups in total. The SMILES string of the molecule is COc1cc(F)c(-c2c(NC(=O)c3ccc(OC(F)F)cc3)c(=O)n(-c3cc(C#N)cc(C)n3)n2C)c(F)c1. The number of benzene rings is 2. The number of ether oxygens (including phenoxy) is 2. The Morgan fingerprint density at radius 2 is 1.72 bits per heavy atom. The molecule has 0 fully saturated rings. The van der Waals surface area contributed by atoms with Gasteiger partial charge in [0.05, 0.1) is 24.3 Å². The van der Waals surface area contributed by atoms with Gasteiger partial charge in [-0.2, -0.15) is 18.7 Å². The second-order valence-electron chi connectivity index (χ2n) is 8.15. The smallest absolute Gasteiger partial charge is 0.387 e. The van der Waals surface area contributed by atoms with Crippen molar-refractivity contribution in [2.24, 2.45) is 7.05 Å². The van der Waals surface area contributed by atoms with Gasteiger partial charge in [0.1, 0.15) is 34.5 Å². The molecule has 0 aliphatic heterocycles. The van der Waals surface area contributed by atoms with Gasteiger partial charge in [0.25, 0.3) is 11.5 Å². The van der Waals surface area contributed by atoms with Crippen molar-refractivity contribution >= 4 is 11.6 Å². The topological polar surface area (TPSA) is 111 Å². The van der Waals surface area contributed by atoms with Crippen molar-refractivity contribution in [3.63, 3.8) is 0 Å². The molecule has 13 heteroatoms. The summed E-state index contributed by atoms with van der Waals surface area (Å²) in [6, 6.07) is 11.1. The molecule has 2 aromatic carbocycles. The van der Waals surface area contributed by atoms with E-state index in [1.54, 1.807) is 6.92 Å². The van der Waals surface area contributed by atoms with Gasteiger partial charge in [0.15, 0.2) is 5.82 Å². The van der Waals surface area contributed by atoms with Crippen molar-refractivity contribution in [2.75, 3.05) is 12.4 Å². The van der Waals surface area contributed by atoms with E-state index >= 15 is 8.78 Å². The van der Waals surface area contributed by atoms with Crippen molar-refractivity contribution in [3.05, 3.63) is 87.3 Å². The third kappa shape index (κ3) is 5.30. The lowest BCUT2D eigenvalue weighted by Crippen LogP contribution is -2.24. The Balaban J connectivity index is 1.91. The highest BCUT2D eigenvalue weighted by molar-refractivity contribution is 6.06. The molecule has 0 spiro atoms. The van der Waals surface area contributed by atoms with Gasteiger partial charge in [-0.1, -0.05) is 0 Å². The average Bonchev–Trinajstić information content (AvgIpc) is 3.12. The number of pyridine rings is 1. The van der Waals surface area contributed by atoms with Crippen LogP contribution >= 0.6 is 0 Å². The van der Waals surface area contributed by atoms with Crippen LogP contribution in [0.3, 0.4) is 0 Å². The first kappa shape index (κ1) is 26.9. The predicted octanol–water partition coefficient (Wildman–Crippen LogP) is 4.56. The molecule has 39 heavy (non-hydrogen) atoms. The summed E-state index contributed by atoms with van der Waals surface area (Å²) in [5.41, 5.74) is -1.89. The number of nitrogens with zero attached hydrogens (tertiary/aromatic N) is 4. The summed E-state index contributed by atoms with van der Waals surface area (Å²) in [5, 5.41) is 11.7. The maximum atomic E-state index is 15.2. The molecule has 0 atom stereocenters. The van der Waals surface area contributed by atoms with Gasteiger partial charge in [-0.15, -0.1) is 0 Å². The van der Waals surface area contributed by atoms with E-state index in [1.165, 1.54) is 38.4 Å². The maximum absolute atomic E-state index is 15.2. The first-order chi connectivity index (χ1) is 18.5. The third-order valence-electron chi connectivity index (χ3n) is 5.62. The number of rotatable bonds is 7. The Kier molecular flexibility index (Phi) is 7.39. The van der Waals surface area contributed by atoms with Crippen molar-refractivity contribution < 1.29 is 31.8 Å². The van der Waals surface area contributed by atoms with Crippen molar-refractivity contribution in [2.45, 2.75) is 13.5 Å². The minimum atomic E-state index is -3.07. The van der Waals surface area contributed by atoms with E-state index in [9.17, 15) is 23.6 Å². The van der Waals surface area contributed by atoms with Crippen LogP contribution in [0.15, 0.2) is 53.3 Å². The standard InChI is InChI=1S/C26H19F4N5O4/c1-13-8-14(12-31)9-20(32-13)35-25(37)22(33-24(36)15-4-6-16(7-5-15)39-26(29)30)23(34(35)2)21-18(27)10-17(38-3)11-19(21)28/h4-11,26H,1-3H3,(H,33,36). The third-order valence-corrected chi connectivity index (χ3v) is 5.62. The molecule has 0 aliphatic carbocycles. The normalized spacial score (nSPS) is 10.8. The Hall–Kier alpha value is -5.12. The number of aryl methyl sites for hydroxylation is 1. The van der Waals surface area contributed by atoms with Gasteiger partial charge in [-0.3, -0.25) is 14.3 Å². The first-order valence-corrected chi connectivity index (χ1v) is 11.1. The summed E-state index contributed by atoms with van der Waals surface area (Å²) in [6.07, 6.45) is 0. The van der Waals surface area contributed by atoms with Gasteiger partial charge in [-0.05, 0) is 37.3 Å². The van der Waals surface area contributed by atoms with Gasteiger partial charge in [0, 0.05) is 36.5 Å². The highest BCUT2D eigenvalue weighted by Crippen LogP contribution is 2.34. The van der Waals surface area contributed by atoms with E-state index in [0.717, 1.165) is 33.6 Å². The van der Waals surface area contributed by atoms with Gasteiger partial charge in [0.2, 0.25) is 0 Å². The van der Waals surface area contributed by atoms with Crippen LogP contribution in [0.25, 0.3) is 17.1 Å². The van der Waals surface area contributed by atoms with Crippen molar-refractivity contribution in [1.82, 2.24) is 14.3 Å². The van der Waals surface area contributed by atoms with E-state index < -0.39 is 41.0 Å². The molecule has 4 aromatic rings. The first-order valence-electron chi connectivity index (χ1n) is 11.1. The van der Waals surface area contributed by atoms with E-state index in [4.69, 9.17) is 4.74 Å². The van der Waals surface area contributed by atoms with Crippen LogP contribution in [-0.4, -0.2) is 34.0 Å². The number of carbonyl (C=O) groups excluding carboxylic acids is 1. The highest BCUT2D eigenvalue weighted by Gasteiger charge is 2.28. The largest absolute Gasteiger partial charge is 0.497 e.